The third-order valence-corrected chi connectivity index (χ3v) is 6.93. The molecule has 0 atom stereocenters. The standard InChI is InChI=1S/C20H20N2O5S/c23-17(21-10-12-28(26,27)13-11-21)8-3-9-22-19(24)15-6-1-4-14-5-2-7-16(18(14)15)20(22)25/h1-2,4-7H,3,8-13H2. The summed E-state index contributed by atoms with van der Waals surface area (Å²) in [4.78, 5) is 40.7. The van der Waals surface area contributed by atoms with Gasteiger partial charge in [-0.1, -0.05) is 24.3 Å². The van der Waals surface area contributed by atoms with Gasteiger partial charge in [0.05, 0.1) is 11.5 Å². The van der Waals surface area contributed by atoms with Crippen LogP contribution in [0.1, 0.15) is 33.6 Å². The number of carbonyl (C=O) groups is 3. The molecule has 0 spiro atoms. The molecule has 2 aliphatic heterocycles. The van der Waals surface area contributed by atoms with E-state index in [1.54, 1.807) is 24.3 Å². The van der Waals surface area contributed by atoms with Gasteiger partial charge >= 0.3 is 0 Å². The van der Waals surface area contributed by atoms with Crippen LogP contribution < -0.4 is 0 Å². The average molecular weight is 400 g/mol. The van der Waals surface area contributed by atoms with Crippen molar-refractivity contribution in [1.29, 1.82) is 0 Å². The first-order chi connectivity index (χ1) is 13.4. The SMILES string of the molecule is O=C(CCCN1C(=O)c2cccc3cccc(c23)C1=O)N1CCS(=O)(=O)CC1. The predicted molar refractivity (Wildman–Crippen MR) is 104 cm³/mol. The van der Waals surface area contributed by atoms with Crippen LogP contribution in [0.25, 0.3) is 10.8 Å². The van der Waals surface area contributed by atoms with Crippen LogP contribution in [0.2, 0.25) is 0 Å². The van der Waals surface area contributed by atoms with E-state index < -0.39 is 9.84 Å². The van der Waals surface area contributed by atoms with E-state index in [4.69, 9.17) is 0 Å². The van der Waals surface area contributed by atoms with Gasteiger partial charge in [0, 0.05) is 42.6 Å². The molecule has 4 rings (SSSR count). The lowest BCUT2D eigenvalue weighted by atomic mass is 9.94. The fourth-order valence-electron chi connectivity index (χ4n) is 3.79. The first-order valence-corrected chi connectivity index (χ1v) is 11.1. The largest absolute Gasteiger partial charge is 0.341 e. The van der Waals surface area contributed by atoms with Gasteiger partial charge in [0.25, 0.3) is 11.8 Å². The Kier molecular flexibility index (Phi) is 4.66. The predicted octanol–water partition coefficient (Wildman–Crippen LogP) is 1.47. The van der Waals surface area contributed by atoms with E-state index in [1.807, 2.05) is 12.1 Å². The Morgan fingerprint density at radius 2 is 1.50 bits per heavy atom. The Morgan fingerprint density at radius 1 is 0.929 bits per heavy atom. The van der Waals surface area contributed by atoms with Gasteiger partial charge in [-0.25, -0.2) is 8.42 Å². The van der Waals surface area contributed by atoms with Crippen LogP contribution in [0, 0.1) is 0 Å². The second kappa shape index (κ2) is 7.01. The van der Waals surface area contributed by atoms with E-state index in [1.165, 1.54) is 9.80 Å². The van der Waals surface area contributed by atoms with Crippen molar-refractivity contribution in [2.45, 2.75) is 12.8 Å². The van der Waals surface area contributed by atoms with Gasteiger partial charge < -0.3 is 4.90 Å². The number of hydrogen-bond donors (Lipinski definition) is 0. The van der Waals surface area contributed by atoms with Gasteiger partial charge in [-0.3, -0.25) is 19.3 Å². The highest BCUT2D eigenvalue weighted by Crippen LogP contribution is 2.30. The second-order valence-corrected chi connectivity index (χ2v) is 9.41. The van der Waals surface area contributed by atoms with Gasteiger partial charge in [-0.05, 0) is 23.9 Å². The molecular formula is C20H20N2O5S. The summed E-state index contributed by atoms with van der Waals surface area (Å²) in [6.45, 7) is 0.566. The summed E-state index contributed by atoms with van der Waals surface area (Å²) in [5, 5.41) is 1.54. The van der Waals surface area contributed by atoms with Crippen LogP contribution in [0.5, 0.6) is 0 Å². The first-order valence-electron chi connectivity index (χ1n) is 9.23. The van der Waals surface area contributed by atoms with Crippen molar-refractivity contribution in [3.05, 3.63) is 47.5 Å². The number of imide groups is 1. The number of rotatable bonds is 4. The smallest absolute Gasteiger partial charge is 0.261 e. The third kappa shape index (κ3) is 3.28. The van der Waals surface area contributed by atoms with Crippen molar-refractivity contribution in [2.75, 3.05) is 31.1 Å². The Hall–Kier alpha value is -2.74. The number of hydrogen-bond acceptors (Lipinski definition) is 5. The summed E-state index contributed by atoms with van der Waals surface area (Å²) in [6, 6.07) is 10.8. The quantitative estimate of drug-likeness (QED) is 0.725. The minimum Gasteiger partial charge on any atom is -0.341 e. The molecule has 0 N–H and O–H groups in total. The molecule has 0 aromatic heterocycles. The molecule has 0 unspecified atom stereocenters. The molecule has 0 aliphatic carbocycles. The van der Waals surface area contributed by atoms with Crippen LogP contribution in [0.15, 0.2) is 36.4 Å². The maximum atomic E-state index is 12.8. The lowest BCUT2D eigenvalue weighted by Gasteiger charge is -2.28. The lowest BCUT2D eigenvalue weighted by Crippen LogP contribution is -2.44. The van der Waals surface area contributed by atoms with E-state index in [0.29, 0.717) is 22.9 Å². The van der Waals surface area contributed by atoms with Crippen molar-refractivity contribution in [3.63, 3.8) is 0 Å². The maximum absolute atomic E-state index is 12.8. The summed E-state index contributed by atoms with van der Waals surface area (Å²) < 4.78 is 22.9. The molecule has 0 bridgehead atoms. The fourth-order valence-corrected chi connectivity index (χ4v) is 4.99. The zero-order valence-electron chi connectivity index (χ0n) is 15.3. The molecule has 0 radical (unpaired) electrons. The van der Waals surface area contributed by atoms with Gasteiger partial charge in [-0.15, -0.1) is 0 Å². The Labute approximate surface area is 162 Å². The molecule has 28 heavy (non-hydrogen) atoms. The highest BCUT2D eigenvalue weighted by Gasteiger charge is 2.32. The minimum absolute atomic E-state index is 0.0113. The fraction of sp³-hybridized carbons (Fsp3) is 0.350. The monoisotopic (exact) mass is 400 g/mol. The van der Waals surface area contributed by atoms with Gasteiger partial charge in [-0.2, -0.15) is 0 Å². The van der Waals surface area contributed by atoms with E-state index in [0.717, 1.165) is 5.39 Å². The van der Waals surface area contributed by atoms with Crippen molar-refractivity contribution in [1.82, 2.24) is 9.80 Å². The number of nitrogens with zero attached hydrogens (tertiary/aromatic N) is 2. The van der Waals surface area contributed by atoms with Crippen LogP contribution in [-0.4, -0.2) is 67.1 Å². The molecule has 8 heteroatoms. The molecular weight excluding hydrogens is 380 g/mol. The Morgan fingerprint density at radius 3 is 2.07 bits per heavy atom. The maximum Gasteiger partial charge on any atom is 0.261 e. The summed E-state index contributed by atoms with van der Waals surface area (Å²) in [5.41, 5.74) is 1.00. The normalized spacial score (nSPS) is 18.6. The molecule has 2 heterocycles. The summed E-state index contributed by atoms with van der Waals surface area (Å²) in [5.74, 6) is -0.850. The minimum atomic E-state index is -3.04. The van der Waals surface area contributed by atoms with Crippen LogP contribution in [0.4, 0.5) is 0 Å². The molecule has 7 nitrogen and oxygen atoms in total. The van der Waals surface area contributed by atoms with Gasteiger partial charge in [0.15, 0.2) is 9.84 Å². The molecule has 146 valence electrons. The molecule has 2 aromatic carbocycles. The lowest BCUT2D eigenvalue weighted by molar-refractivity contribution is -0.131. The van der Waals surface area contributed by atoms with Crippen LogP contribution in [-0.2, 0) is 14.6 Å². The van der Waals surface area contributed by atoms with E-state index in [-0.39, 0.29) is 55.3 Å². The van der Waals surface area contributed by atoms with Crippen LogP contribution >= 0.6 is 0 Å². The third-order valence-electron chi connectivity index (χ3n) is 5.33. The summed E-state index contributed by atoms with van der Waals surface area (Å²) in [6.07, 6.45) is 0.515. The highest BCUT2D eigenvalue weighted by molar-refractivity contribution is 7.91. The molecule has 1 saturated heterocycles. The van der Waals surface area contributed by atoms with E-state index >= 15 is 0 Å². The second-order valence-electron chi connectivity index (χ2n) is 7.11. The zero-order valence-corrected chi connectivity index (χ0v) is 16.1. The Bertz CT molecular complexity index is 1030. The number of benzene rings is 2. The van der Waals surface area contributed by atoms with Gasteiger partial charge in [0.2, 0.25) is 5.91 Å². The zero-order chi connectivity index (χ0) is 19.9. The molecule has 2 aromatic rings. The highest BCUT2D eigenvalue weighted by atomic mass is 32.2. The average Bonchev–Trinajstić information content (AvgIpc) is 2.68. The number of carbonyl (C=O) groups excluding carboxylic acids is 3. The number of amides is 3. The van der Waals surface area contributed by atoms with Gasteiger partial charge in [0.1, 0.15) is 0 Å². The van der Waals surface area contributed by atoms with Crippen LogP contribution in [0.3, 0.4) is 0 Å². The molecule has 1 fully saturated rings. The molecule has 2 aliphatic rings. The molecule has 3 amide bonds. The summed E-state index contributed by atoms with van der Waals surface area (Å²) in [7, 11) is -3.04. The van der Waals surface area contributed by atoms with Crippen molar-refractivity contribution in [2.24, 2.45) is 0 Å². The summed E-state index contributed by atoms with van der Waals surface area (Å²) >= 11 is 0. The number of sulfone groups is 1. The van der Waals surface area contributed by atoms with E-state index in [9.17, 15) is 22.8 Å². The molecule has 0 saturated carbocycles. The topological polar surface area (TPSA) is 91.8 Å². The Balaban J connectivity index is 1.43. The van der Waals surface area contributed by atoms with Crippen molar-refractivity contribution < 1.29 is 22.8 Å². The van der Waals surface area contributed by atoms with E-state index in [2.05, 4.69) is 0 Å². The van der Waals surface area contributed by atoms with Crippen molar-refractivity contribution >= 4 is 38.3 Å². The van der Waals surface area contributed by atoms with Crippen molar-refractivity contribution in [3.8, 4) is 0 Å². The first kappa shape index (κ1) is 18.6.